The van der Waals surface area contributed by atoms with E-state index in [0.717, 1.165) is 0 Å². The van der Waals surface area contributed by atoms with Crippen LogP contribution < -0.4 is 0 Å². The van der Waals surface area contributed by atoms with Crippen LogP contribution in [0.1, 0.15) is 0 Å². The maximum atomic E-state index is 0. The Bertz CT molecular complexity index is 3.61. The number of hydrogen-bond acceptors (Lipinski definition) is 0. The normalized spacial score (nSPS) is 0. The number of rotatable bonds is 0. The van der Waals surface area contributed by atoms with Gasteiger partial charge in [0.15, 0.2) is 0 Å². The van der Waals surface area contributed by atoms with Gasteiger partial charge in [-0.1, -0.05) is 0 Å². The summed E-state index contributed by atoms with van der Waals surface area (Å²) in [4.78, 5) is 0. The van der Waals surface area contributed by atoms with E-state index in [-0.39, 0.29) is 90.0 Å². The van der Waals surface area contributed by atoms with Crippen LogP contribution in [0.2, 0.25) is 0 Å². The van der Waals surface area contributed by atoms with Crippen molar-refractivity contribution >= 4 is 0 Å². The van der Waals surface area contributed by atoms with E-state index in [0.29, 0.717) is 0 Å². The van der Waals surface area contributed by atoms with E-state index in [2.05, 4.69) is 0 Å². The molecule has 0 N–H and O–H groups in total. The average Bonchev–Trinajstić information content (AvgIpc) is 0. The fraction of sp³-hybridized carbons (Fsp3) is 0. The quantitative estimate of drug-likeness (QED) is 0.552. The van der Waals surface area contributed by atoms with Crippen molar-refractivity contribution in [1.29, 1.82) is 0 Å². The van der Waals surface area contributed by atoms with Crippen LogP contribution in [-0.2, 0) is 90.0 Å². The van der Waals surface area contributed by atoms with E-state index in [1.165, 1.54) is 0 Å². The molecule has 0 saturated heterocycles. The van der Waals surface area contributed by atoms with Gasteiger partial charge in [-0.3, -0.25) is 0 Å². The summed E-state index contributed by atoms with van der Waals surface area (Å²) in [6.45, 7) is 0. The summed E-state index contributed by atoms with van der Waals surface area (Å²) in [5.74, 6) is 0. The van der Waals surface area contributed by atoms with Crippen molar-refractivity contribution in [2.75, 3.05) is 0 Å². The van der Waals surface area contributed by atoms with Crippen LogP contribution >= 0.6 is 0 Å². The van der Waals surface area contributed by atoms with Gasteiger partial charge < -0.3 is 0 Å². The molecule has 0 fully saturated rings. The van der Waals surface area contributed by atoms with Gasteiger partial charge in [0, 0.05) is 90.0 Å². The van der Waals surface area contributed by atoms with Gasteiger partial charge in [0.25, 0.3) is 0 Å². The molecule has 0 aliphatic carbocycles. The van der Waals surface area contributed by atoms with Crippen molar-refractivity contribution in [2.24, 2.45) is 0 Å². The third-order valence-electron chi connectivity index (χ3n) is 0. The van der Waals surface area contributed by atoms with Gasteiger partial charge in [-0.05, 0) is 0 Å². The van der Waals surface area contributed by atoms with Gasteiger partial charge in [-0.15, -0.1) is 0 Å². The first kappa shape index (κ1) is 46.1. The van der Waals surface area contributed by atoms with Crippen LogP contribution in [0.5, 0.6) is 0 Å². The van der Waals surface area contributed by atoms with E-state index < -0.39 is 0 Å². The third kappa shape index (κ3) is 20.0. The van der Waals surface area contributed by atoms with Crippen molar-refractivity contribution < 1.29 is 90.0 Å². The van der Waals surface area contributed by atoms with Crippen LogP contribution in [-0.4, -0.2) is 0 Å². The van der Waals surface area contributed by atoms with Crippen LogP contribution in [0, 0.1) is 0 Å². The Morgan fingerprint density at radius 3 is 0.400 bits per heavy atom. The van der Waals surface area contributed by atoms with E-state index in [1.807, 2.05) is 0 Å². The molecule has 0 unspecified atom stereocenters. The second kappa shape index (κ2) is 29.2. The zero-order valence-electron chi connectivity index (χ0n) is 1.71. The van der Waals surface area contributed by atoms with Gasteiger partial charge in [0.1, 0.15) is 0 Å². The third-order valence-corrected chi connectivity index (χ3v) is 0. The van der Waals surface area contributed by atoms with Crippen molar-refractivity contribution in [3.8, 4) is 0 Å². The molecule has 0 aliphatic rings. The molecule has 0 saturated carbocycles. The molecule has 5 heteroatoms. The fourth-order valence-corrected chi connectivity index (χ4v) is 0. The molecule has 0 bridgehead atoms. The second-order valence-corrected chi connectivity index (χ2v) is 0. The van der Waals surface area contributed by atoms with Crippen LogP contribution in [0.15, 0.2) is 0 Å². The SMILES string of the molecule is [Cu].[Cu].[Cu].[Cu].[Ti]. The van der Waals surface area contributed by atoms with E-state index >= 15 is 0 Å². The average molecular weight is 302 g/mol. The van der Waals surface area contributed by atoms with E-state index in [9.17, 15) is 0 Å². The standard InChI is InChI=1S/4Cu.Ti. The van der Waals surface area contributed by atoms with Gasteiger partial charge in [0.05, 0.1) is 0 Å². The van der Waals surface area contributed by atoms with Crippen molar-refractivity contribution in [3.05, 3.63) is 0 Å². The molecule has 0 amide bonds. The smallest absolute Gasteiger partial charge is 0 e. The van der Waals surface area contributed by atoms with Gasteiger partial charge in [-0.25, -0.2) is 0 Å². The van der Waals surface area contributed by atoms with Crippen molar-refractivity contribution in [1.82, 2.24) is 0 Å². The minimum absolute atomic E-state index is 0. The zero-order valence-corrected chi connectivity index (χ0v) is 7.03. The maximum absolute atomic E-state index is 0. The molecule has 0 aromatic heterocycles. The molecule has 0 aliphatic heterocycles. The first-order valence-electron chi connectivity index (χ1n) is 0. The Kier molecular flexibility index (Phi) is 270. The maximum Gasteiger partial charge on any atom is 0 e. The van der Waals surface area contributed by atoms with Crippen LogP contribution in [0.3, 0.4) is 0 Å². The summed E-state index contributed by atoms with van der Waals surface area (Å²) < 4.78 is 0. The predicted molar refractivity (Wildman–Crippen MR) is 0 cm³/mol. The Hall–Kier alpha value is 2.79. The van der Waals surface area contributed by atoms with Gasteiger partial charge in [-0.2, -0.15) is 0 Å². The molecule has 0 atom stereocenters. The molecule has 0 rings (SSSR count). The number of hydrogen-bond donors (Lipinski definition) is 0. The molecular formula is Cu4Ti. The van der Waals surface area contributed by atoms with Gasteiger partial charge in [0.2, 0.25) is 0 Å². The molecule has 0 aromatic carbocycles. The Balaban J connectivity index is 0. The topological polar surface area (TPSA) is 0 Å². The zero-order chi connectivity index (χ0) is 0. The molecule has 0 nitrogen and oxygen atoms in total. The van der Waals surface area contributed by atoms with E-state index in [4.69, 9.17) is 0 Å². The van der Waals surface area contributed by atoms with Crippen molar-refractivity contribution in [2.45, 2.75) is 0 Å². The Morgan fingerprint density at radius 2 is 0.400 bits per heavy atom. The summed E-state index contributed by atoms with van der Waals surface area (Å²) in [6, 6.07) is 0. The molecule has 4 radical (unpaired) electrons. The summed E-state index contributed by atoms with van der Waals surface area (Å²) >= 11 is 0. The van der Waals surface area contributed by atoms with E-state index in [1.54, 1.807) is 0 Å². The summed E-state index contributed by atoms with van der Waals surface area (Å²) in [5, 5.41) is 0. The van der Waals surface area contributed by atoms with Crippen LogP contribution in [0.4, 0.5) is 0 Å². The fourth-order valence-electron chi connectivity index (χ4n) is 0. The second-order valence-electron chi connectivity index (χ2n) is 0. The molecular weight excluding hydrogens is 302 g/mol. The van der Waals surface area contributed by atoms with Gasteiger partial charge >= 0.3 is 0 Å². The Labute approximate surface area is 88.8 Å². The van der Waals surface area contributed by atoms with Crippen LogP contribution in [0.25, 0.3) is 0 Å². The molecule has 0 aromatic rings. The molecule has 0 heterocycles. The minimum atomic E-state index is 0. The predicted octanol–water partition coefficient (Wildman–Crippen LogP) is -0.0125. The first-order valence-corrected chi connectivity index (χ1v) is 0. The summed E-state index contributed by atoms with van der Waals surface area (Å²) in [7, 11) is 0. The minimum Gasteiger partial charge on any atom is 0 e. The summed E-state index contributed by atoms with van der Waals surface area (Å²) in [6.07, 6.45) is 0. The molecule has 48 valence electrons. The Morgan fingerprint density at radius 1 is 0.400 bits per heavy atom. The summed E-state index contributed by atoms with van der Waals surface area (Å²) in [5.41, 5.74) is 0. The van der Waals surface area contributed by atoms with Crippen molar-refractivity contribution in [3.63, 3.8) is 0 Å². The molecule has 5 heavy (non-hydrogen) atoms. The monoisotopic (exact) mass is 300 g/mol. The first-order chi connectivity index (χ1) is 0. The largest absolute Gasteiger partial charge is 0 e. The molecule has 0 spiro atoms.